The minimum absolute atomic E-state index is 0.237. The van der Waals surface area contributed by atoms with Gasteiger partial charge in [0.15, 0.2) is 0 Å². The minimum Gasteiger partial charge on any atom is -0.481 e. The van der Waals surface area contributed by atoms with Gasteiger partial charge in [0, 0.05) is 0 Å². The van der Waals surface area contributed by atoms with E-state index in [2.05, 4.69) is 13.8 Å². The summed E-state index contributed by atoms with van der Waals surface area (Å²) in [6.45, 7) is 4.28. The van der Waals surface area contributed by atoms with Gasteiger partial charge in [0.05, 0.1) is 18.6 Å². The Hall–Kier alpha value is -0.610. The number of aliphatic hydroxyl groups excluding tert-OH is 2. The average molecular weight is 232 g/mol. The lowest BCUT2D eigenvalue weighted by atomic mass is 10.0. The molecular weight excluding hydrogens is 208 g/mol. The molecule has 0 aliphatic carbocycles. The monoisotopic (exact) mass is 232 g/mol. The highest BCUT2D eigenvalue weighted by molar-refractivity contribution is 5.67. The molecule has 0 saturated carbocycles. The molecule has 16 heavy (non-hydrogen) atoms. The first-order chi connectivity index (χ1) is 7.41. The highest BCUT2D eigenvalue weighted by atomic mass is 16.4. The van der Waals surface area contributed by atoms with Crippen molar-refractivity contribution in [3.8, 4) is 0 Å². The first-order valence-corrected chi connectivity index (χ1v) is 5.99. The number of carboxylic acid groups (broad SMARTS) is 1. The Labute approximate surface area is 97.3 Å². The topological polar surface area (TPSA) is 77.8 Å². The Morgan fingerprint density at radius 2 is 1.56 bits per heavy atom. The number of hydrogen-bond donors (Lipinski definition) is 3. The van der Waals surface area contributed by atoms with Crippen LogP contribution in [0.15, 0.2) is 0 Å². The van der Waals surface area contributed by atoms with E-state index in [1.165, 1.54) is 0 Å². The Morgan fingerprint density at radius 1 is 1.00 bits per heavy atom. The zero-order valence-corrected chi connectivity index (χ0v) is 10.2. The maximum Gasteiger partial charge on any atom is 0.305 e. The molecule has 0 spiro atoms. The summed E-state index contributed by atoms with van der Waals surface area (Å²) in [7, 11) is 0. The number of aliphatic hydroxyl groups is 2. The summed E-state index contributed by atoms with van der Waals surface area (Å²) in [5.74, 6) is -0.355. The maximum atomic E-state index is 10.3. The van der Waals surface area contributed by atoms with Crippen LogP contribution in [0.3, 0.4) is 0 Å². The molecular formula is C12H24O4. The number of aliphatic carboxylic acids is 1. The van der Waals surface area contributed by atoms with E-state index in [-0.39, 0.29) is 6.42 Å². The summed E-state index contributed by atoms with van der Waals surface area (Å²) in [5, 5.41) is 27.3. The molecule has 0 unspecified atom stereocenters. The van der Waals surface area contributed by atoms with Gasteiger partial charge in [-0.25, -0.2) is 0 Å². The fourth-order valence-corrected chi connectivity index (χ4v) is 1.59. The lowest BCUT2D eigenvalue weighted by molar-refractivity contribution is -0.139. The maximum absolute atomic E-state index is 10.3. The first kappa shape index (κ1) is 15.4. The minimum atomic E-state index is -0.998. The average Bonchev–Trinajstić information content (AvgIpc) is 2.13. The number of rotatable bonds is 9. The van der Waals surface area contributed by atoms with Crippen molar-refractivity contribution in [2.24, 2.45) is 5.92 Å². The summed E-state index contributed by atoms with van der Waals surface area (Å²) in [6, 6.07) is 0. The third-order valence-electron chi connectivity index (χ3n) is 2.56. The molecule has 96 valence electrons. The Bertz CT molecular complexity index is 191. The van der Waals surface area contributed by atoms with Gasteiger partial charge in [0.1, 0.15) is 0 Å². The molecule has 0 heterocycles. The van der Waals surface area contributed by atoms with E-state index in [9.17, 15) is 15.0 Å². The third kappa shape index (κ3) is 9.93. The molecule has 0 aliphatic heterocycles. The zero-order chi connectivity index (χ0) is 12.6. The van der Waals surface area contributed by atoms with Gasteiger partial charge in [0.25, 0.3) is 0 Å². The van der Waals surface area contributed by atoms with Gasteiger partial charge in [-0.15, -0.1) is 0 Å². The van der Waals surface area contributed by atoms with Crippen molar-refractivity contribution in [1.82, 2.24) is 0 Å². The van der Waals surface area contributed by atoms with Crippen molar-refractivity contribution >= 4 is 5.97 Å². The van der Waals surface area contributed by atoms with Crippen LogP contribution in [-0.2, 0) is 4.79 Å². The van der Waals surface area contributed by atoms with Crippen molar-refractivity contribution in [3.63, 3.8) is 0 Å². The molecule has 4 heteroatoms. The van der Waals surface area contributed by atoms with E-state index in [4.69, 9.17) is 5.11 Å². The normalized spacial score (nSPS) is 15.1. The van der Waals surface area contributed by atoms with E-state index < -0.39 is 18.2 Å². The van der Waals surface area contributed by atoms with E-state index in [1.807, 2.05) is 0 Å². The van der Waals surface area contributed by atoms with Crippen LogP contribution in [0.25, 0.3) is 0 Å². The fourth-order valence-electron chi connectivity index (χ4n) is 1.59. The second-order valence-corrected chi connectivity index (χ2v) is 4.81. The van der Waals surface area contributed by atoms with Crippen molar-refractivity contribution in [2.75, 3.05) is 0 Å². The molecule has 0 aliphatic rings. The van der Waals surface area contributed by atoms with Gasteiger partial charge in [-0.3, -0.25) is 4.79 Å². The van der Waals surface area contributed by atoms with Crippen LogP contribution in [0.4, 0.5) is 0 Å². The standard InChI is InChI=1S/C12H24O4/c1-9(2)4-3-5-10(13)6-7-11(14)8-12(15)16/h9-11,13-14H,3-8H2,1-2H3,(H,15,16)/t10-,11+/m1/s1. The van der Waals surface area contributed by atoms with E-state index >= 15 is 0 Å². The smallest absolute Gasteiger partial charge is 0.305 e. The molecule has 0 bridgehead atoms. The molecule has 0 radical (unpaired) electrons. The van der Waals surface area contributed by atoms with Crippen LogP contribution >= 0.6 is 0 Å². The second kappa shape index (κ2) is 8.53. The van der Waals surface area contributed by atoms with E-state index in [0.29, 0.717) is 18.8 Å². The van der Waals surface area contributed by atoms with Crippen LogP contribution in [-0.4, -0.2) is 33.5 Å². The van der Waals surface area contributed by atoms with Crippen molar-refractivity contribution in [3.05, 3.63) is 0 Å². The molecule has 3 N–H and O–H groups in total. The number of carbonyl (C=O) groups is 1. The van der Waals surface area contributed by atoms with Crippen molar-refractivity contribution in [1.29, 1.82) is 0 Å². The van der Waals surface area contributed by atoms with Crippen LogP contribution in [0, 0.1) is 5.92 Å². The van der Waals surface area contributed by atoms with Crippen LogP contribution in [0.2, 0.25) is 0 Å². The van der Waals surface area contributed by atoms with Crippen molar-refractivity contribution < 1.29 is 20.1 Å². The Balaban J connectivity index is 3.49. The number of hydrogen-bond acceptors (Lipinski definition) is 3. The van der Waals surface area contributed by atoms with Gasteiger partial charge in [0.2, 0.25) is 0 Å². The summed E-state index contributed by atoms with van der Waals surface area (Å²) >= 11 is 0. The van der Waals surface area contributed by atoms with Gasteiger partial charge in [-0.05, 0) is 25.2 Å². The largest absolute Gasteiger partial charge is 0.481 e. The highest BCUT2D eigenvalue weighted by Gasteiger charge is 2.12. The van der Waals surface area contributed by atoms with E-state index in [0.717, 1.165) is 19.3 Å². The molecule has 0 aromatic rings. The fraction of sp³-hybridized carbons (Fsp3) is 0.917. The second-order valence-electron chi connectivity index (χ2n) is 4.81. The molecule has 0 aromatic carbocycles. The van der Waals surface area contributed by atoms with Crippen molar-refractivity contribution in [2.45, 2.75) is 64.6 Å². The van der Waals surface area contributed by atoms with E-state index in [1.54, 1.807) is 0 Å². The van der Waals surface area contributed by atoms with Crippen LogP contribution in [0.5, 0.6) is 0 Å². The summed E-state index contributed by atoms with van der Waals surface area (Å²) in [4.78, 5) is 10.3. The summed E-state index contributed by atoms with van der Waals surface area (Å²) in [5.41, 5.74) is 0. The van der Waals surface area contributed by atoms with Gasteiger partial charge < -0.3 is 15.3 Å². The lowest BCUT2D eigenvalue weighted by Gasteiger charge is -2.13. The molecule has 0 rings (SSSR count). The number of carboxylic acids is 1. The first-order valence-electron chi connectivity index (χ1n) is 5.99. The molecule has 4 nitrogen and oxygen atoms in total. The predicted molar refractivity (Wildman–Crippen MR) is 62.2 cm³/mol. The predicted octanol–water partition coefficient (Wildman–Crippen LogP) is 1.79. The van der Waals surface area contributed by atoms with Crippen LogP contribution < -0.4 is 0 Å². The Kier molecular flexibility index (Phi) is 8.21. The van der Waals surface area contributed by atoms with Gasteiger partial charge in [-0.1, -0.05) is 26.7 Å². The molecule has 0 fully saturated rings. The molecule has 0 saturated heterocycles. The SMILES string of the molecule is CC(C)CCC[C@@H](O)CC[C@H](O)CC(=O)O. The lowest BCUT2D eigenvalue weighted by Crippen LogP contribution is -2.16. The Morgan fingerprint density at radius 3 is 2.06 bits per heavy atom. The summed E-state index contributed by atoms with van der Waals surface area (Å²) in [6.07, 6.45) is 2.15. The molecule has 0 aromatic heterocycles. The quantitative estimate of drug-likeness (QED) is 0.566. The molecule has 2 atom stereocenters. The van der Waals surface area contributed by atoms with Gasteiger partial charge in [-0.2, -0.15) is 0 Å². The highest BCUT2D eigenvalue weighted by Crippen LogP contribution is 2.13. The van der Waals surface area contributed by atoms with Gasteiger partial charge >= 0.3 is 5.97 Å². The molecule has 0 amide bonds. The third-order valence-corrected chi connectivity index (χ3v) is 2.56. The van der Waals surface area contributed by atoms with Crippen LogP contribution in [0.1, 0.15) is 52.4 Å². The zero-order valence-electron chi connectivity index (χ0n) is 10.2. The summed E-state index contributed by atoms with van der Waals surface area (Å²) < 4.78 is 0.